The first-order valence-electron chi connectivity index (χ1n) is 7.01. The van der Waals surface area contributed by atoms with E-state index >= 15 is 0 Å². The third-order valence-electron chi connectivity index (χ3n) is 2.46. The van der Waals surface area contributed by atoms with Crippen molar-refractivity contribution in [3.63, 3.8) is 0 Å². The van der Waals surface area contributed by atoms with Crippen molar-refractivity contribution in [2.45, 2.75) is 91.3 Å². The van der Waals surface area contributed by atoms with Gasteiger partial charge in [0, 0.05) is 0 Å². The van der Waals surface area contributed by atoms with Crippen LogP contribution in [-0.4, -0.2) is 16.5 Å². The fourth-order valence-electron chi connectivity index (χ4n) is 1.56. The molecular weight excluding hydrogens is 200 g/mol. The Kier molecular flexibility index (Phi) is 19.8. The molecule has 16 heavy (non-hydrogen) atoms. The standard InChI is InChI=1S/C12H26.C2H6O2/c1-3-5-7-9-11-12-10-8-6-4-2;1-2(3)4/h3-12H2,1-2H3;2-4H,1H3. The summed E-state index contributed by atoms with van der Waals surface area (Å²) in [6, 6.07) is 0. The van der Waals surface area contributed by atoms with Gasteiger partial charge < -0.3 is 10.2 Å². The molecule has 0 aromatic carbocycles. The zero-order valence-corrected chi connectivity index (χ0v) is 11.5. The highest BCUT2D eigenvalue weighted by Gasteiger charge is 1.90. The molecule has 0 rings (SSSR count). The van der Waals surface area contributed by atoms with Crippen LogP contribution in [0.15, 0.2) is 0 Å². The van der Waals surface area contributed by atoms with E-state index in [1.807, 2.05) is 0 Å². The third kappa shape index (κ3) is 29.2. The fourth-order valence-corrected chi connectivity index (χ4v) is 1.56. The Hall–Kier alpha value is -0.0800. The quantitative estimate of drug-likeness (QED) is 0.461. The maximum atomic E-state index is 7.61. The molecule has 0 aromatic rings. The van der Waals surface area contributed by atoms with Gasteiger partial charge in [0.2, 0.25) is 0 Å². The van der Waals surface area contributed by atoms with E-state index in [-0.39, 0.29) is 0 Å². The summed E-state index contributed by atoms with van der Waals surface area (Å²) in [5.41, 5.74) is 0. The van der Waals surface area contributed by atoms with Crippen LogP contribution in [0.2, 0.25) is 0 Å². The molecular formula is C14H32O2. The Bertz CT molecular complexity index is 90.2. The smallest absolute Gasteiger partial charge is 0.148 e. The molecule has 0 heterocycles. The molecule has 100 valence electrons. The first kappa shape index (κ1) is 18.3. The zero-order valence-electron chi connectivity index (χ0n) is 11.5. The van der Waals surface area contributed by atoms with Gasteiger partial charge in [0.25, 0.3) is 0 Å². The highest BCUT2D eigenvalue weighted by molar-refractivity contribution is 4.45. The molecule has 0 spiro atoms. The van der Waals surface area contributed by atoms with Crippen LogP contribution in [0.5, 0.6) is 0 Å². The monoisotopic (exact) mass is 232 g/mol. The number of unbranched alkanes of at least 4 members (excludes halogenated alkanes) is 9. The van der Waals surface area contributed by atoms with Gasteiger partial charge in [0.05, 0.1) is 0 Å². The summed E-state index contributed by atoms with van der Waals surface area (Å²) >= 11 is 0. The molecule has 0 amide bonds. The summed E-state index contributed by atoms with van der Waals surface area (Å²) in [4.78, 5) is 0. The maximum absolute atomic E-state index is 7.61. The number of hydrogen-bond acceptors (Lipinski definition) is 2. The Balaban J connectivity index is 0. The van der Waals surface area contributed by atoms with Crippen LogP contribution >= 0.6 is 0 Å². The molecule has 0 aliphatic heterocycles. The maximum Gasteiger partial charge on any atom is 0.148 e. The van der Waals surface area contributed by atoms with Gasteiger partial charge in [0.1, 0.15) is 6.29 Å². The second kappa shape index (κ2) is 17.3. The van der Waals surface area contributed by atoms with Gasteiger partial charge >= 0.3 is 0 Å². The van der Waals surface area contributed by atoms with Crippen molar-refractivity contribution in [1.29, 1.82) is 0 Å². The largest absolute Gasteiger partial charge is 0.368 e. The van der Waals surface area contributed by atoms with Gasteiger partial charge in [-0.15, -0.1) is 0 Å². The van der Waals surface area contributed by atoms with Crippen molar-refractivity contribution < 1.29 is 10.2 Å². The van der Waals surface area contributed by atoms with Crippen molar-refractivity contribution in [3.8, 4) is 0 Å². The van der Waals surface area contributed by atoms with Crippen LogP contribution < -0.4 is 0 Å². The summed E-state index contributed by atoms with van der Waals surface area (Å²) in [7, 11) is 0. The lowest BCUT2D eigenvalue weighted by atomic mass is 10.1. The molecule has 2 heteroatoms. The SMILES string of the molecule is CC(O)O.CCCCCCCCCCCC. The normalized spacial score (nSPS) is 10.1. The van der Waals surface area contributed by atoms with E-state index in [1.54, 1.807) is 0 Å². The van der Waals surface area contributed by atoms with Crippen molar-refractivity contribution >= 4 is 0 Å². The van der Waals surface area contributed by atoms with Crippen molar-refractivity contribution in [1.82, 2.24) is 0 Å². The molecule has 0 atom stereocenters. The predicted octanol–water partition coefficient (Wildman–Crippen LogP) is 4.24. The second-order valence-corrected chi connectivity index (χ2v) is 4.46. The molecule has 0 aliphatic carbocycles. The summed E-state index contributed by atoms with van der Waals surface area (Å²) in [5.74, 6) is 0. The highest BCUT2D eigenvalue weighted by Crippen LogP contribution is 2.09. The summed E-state index contributed by atoms with van der Waals surface area (Å²) < 4.78 is 0. The van der Waals surface area contributed by atoms with E-state index in [9.17, 15) is 0 Å². The first-order valence-corrected chi connectivity index (χ1v) is 7.01. The molecule has 0 fully saturated rings. The van der Waals surface area contributed by atoms with Gasteiger partial charge in [0.15, 0.2) is 0 Å². The Morgan fingerprint density at radius 2 is 0.812 bits per heavy atom. The lowest BCUT2D eigenvalue weighted by Gasteiger charge is -1.99. The van der Waals surface area contributed by atoms with Crippen LogP contribution in [-0.2, 0) is 0 Å². The Morgan fingerprint density at radius 3 is 1.00 bits per heavy atom. The number of aliphatic hydroxyl groups is 2. The topological polar surface area (TPSA) is 40.5 Å². The minimum Gasteiger partial charge on any atom is -0.368 e. The average Bonchev–Trinajstić information content (AvgIpc) is 2.21. The van der Waals surface area contributed by atoms with Crippen LogP contribution in [0, 0.1) is 0 Å². The van der Waals surface area contributed by atoms with Gasteiger partial charge in [-0.2, -0.15) is 0 Å². The van der Waals surface area contributed by atoms with Crippen molar-refractivity contribution in [2.24, 2.45) is 0 Å². The fraction of sp³-hybridized carbons (Fsp3) is 1.00. The molecule has 0 radical (unpaired) electrons. The molecule has 0 bridgehead atoms. The zero-order chi connectivity index (χ0) is 12.6. The molecule has 0 saturated carbocycles. The summed E-state index contributed by atoms with van der Waals surface area (Å²) in [6.45, 7) is 5.84. The van der Waals surface area contributed by atoms with E-state index in [0.717, 1.165) is 0 Å². The molecule has 2 N–H and O–H groups in total. The van der Waals surface area contributed by atoms with E-state index < -0.39 is 6.29 Å². The Morgan fingerprint density at radius 1 is 0.625 bits per heavy atom. The average molecular weight is 232 g/mol. The van der Waals surface area contributed by atoms with Crippen molar-refractivity contribution in [2.75, 3.05) is 0 Å². The van der Waals surface area contributed by atoms with E-state index in [0.29, 0.717) is 0 Å². The predicted molar refractivity (Wildman–Crippen MR) is 71.4 cm³/mol. The lowest BCUT2D eigenvalue weighted by molar-refractivity contribution is -0.0228. The molecule has 2 nitrogen and oxygen atoms in total. The van der Waals surface area contributed by atoms with Gasteiger partial charge in [-0.25, -0.2) is 0 Å². The molecule has 0 unspecified atom stereocenters. The van der Waals surface area contributed by atoms with E-state index in [1.165, 1.54) is 71.1 Å². The highest BCUT2D eigenvalue weighted by atomic mass is 16.5. The van der Waals surface area contributed by atoms with Gasteiger partial charge in [-0.1, -0.05) is 78.1 Å². The van der Waals surface area contributed by atoms with Crippen LogP contribution in [0.3, 0.4) is 0 Å². The van der Waals surface area contributed by atoms with Crippen LogP contribution in [0.4, 0.5) is 0 Å². The number of hydrogen-bond donors (Lipinski definition) is 2. The second-order valence-electron chi connectivity index (χ2n) is 4.46. The third-order valence-corrected chi connectivity index (χ3v) is 2.46. The van der Waals surface area contributed by atoms with E-state index in [2.05, 4.69) is 13.8 Å². The Labute approximate surface area is 102 Å². The minimum absolute atomic E-state index is 1.17. The van der Waals surface area contributed by atoms with Gasteiger partial charge in [-0.05, 0) is 6.92 Å². The first-order chi connectivity index (χ1) is 7.65. The molecule has 0 saturated heterocycles. The minimum atomic E-state index is -1.17. The van der Waals surface area contributed by atoms with Crippen LogP contribution in [0.1, 0.15) is 85.0 Å². The number of aliphatic hydroxyl groups excluding tert-OH is 1. The molecule has 0 aliphatic rings. The lowest BCUT2D eigenvalue weighted by Crippen LogP contribution is -1.92. The van der Waals surface area contributed by atoms with Crippen LogP contribution in [0.25, 0.3) is 0 Å². The number of rotatable bonds is 9. The summed E-state index contributed by atoms with van der Waals surface area (Å²) in [6.07, 6.45) is 13.3. The summed E-state index contributed by atoms with van der Waals surface area (Å²) in [5, 5.41) is 15.2. The van der Waals surface area contributed by atoms with Gasteiger partial charge in [-0.3, -0.25) is 0 Å². The molecule has 0 aromatic heterocycles. The van der Waals surface area contributed by atoms with E-state index in [4.69, 9.17) is 10.2 Å². The van der Waals surface area contributed by atoms with Crippen molar-refractivity contribution in [3.05, 3.63) is 0 Å².